The molecule has 0 radical (unpaired) electrons. The zero-order valence-electron chi connectivity index (χ0n) is 18.0. The van der Waals surface area contributed by atoms with Crippen molar-refractivity contribution >= 4 is 17.8 Å². The van der Waals surface area contributed by atoms with Crippen LogP contribution in [0.2, 0.25) is 0 Å². The molecule has 0 saturated carbocycles. The summed E-state index contributed by atoms with van der Waals surface area (Å²) >= 11 is 0. The van der Waals surface area contributed by atoms with E-state index in [1.54, 1.807) is 14.0 Å². The van der Waals surface area contributed by atoms with Crippen molar-refractivity contribution in [3.8, 4) is 0 Å². The Kier molecular flexibility index (Phi) is 8.59. The molecular weight excluding hydrogens is 380 g/mol. The van der Waals surface area contributed by atoms with Gasteiger partial charge in [-0.3, -0.25) is 9.59 Å². The molecule has 0 aromatic heterocycles. The first-order valence-corrected chi connectivity index (χ1v) is 10.1. The van der Waals surface area contributed by atoms with E-state index in [-0.39, 0.29) is 24.2 Å². The molecule has 0 saturated heterocycles. The van der Waals surface area contributed by atoms with Gasteiger partial charge in [-0.15, -0.1) is 0 Å². The summed E-state index contributed by atoms with van der Waals surface area (Å²) < 4.78 is 5.40. The molecule has 2 aromatic carbocycles. The lowest BCUT2D eigenvalue weighted by atomic mass is 10.0. The molecule has 2 aromatic rings. The van der Waals surface area contributed by atoms with E-state index in [1.807, 2.05) is 74.5 Å². The van der Waals surface area contributed by atoms with Gasteiger partial charge in [0.1, 0.15) is 6.04 Å². The van der Waals surface area contributed by atoms with E-state index in [2.05, 4.69) is 5.32 Å². The van der Waals surface area contributed by atoms with Crippen LogP contribution in [0.15, 0.2) is 60.7 Å². The molecule has 0 spiro atoms. The summed E-state index contributed by atoms with van der Waals surface area (Å²) in [6.45, 7) is 5.61. The van der Waals surface area contributed by atoms with E-state index >= 15 is 0 Å². The second-order valence-electron chi connectivity index (χ2n) is 7.71. The second-order valence-corrected chi connectivity index (χ2v) is 7.71. The fraction of sp³-hybridized carbons (Fsp3) is 0.375. The number of nitrogens with zero attached hydrogens (tertiary/aromatic N) is 1. The molecule has 2 atom stereocenters. The van der Waals surface area contributed by atoms with E-state index in [4.69, 9.17) is 4.74 Å². The van der Waals surface area contributed by atoms with Crippen molar-refractivity contribution in [3.63, 3.8) is 0 Å². The van der Waals surface area contributed by atoms with Crippen molar-refractivity contribution in [1.82, 2.24) is 10.2 Å². The molecule has 6 nitrogen and oxygen atoms in total. The van der Waals surface area contributed by atoms with E-state index < -0.39 is 18.1 Å². The van der Waals surface area contributed by atoms with E-state index in [9.17, 15) is 14.4 Å². The lowest BCUT2D eigenvalue weighted by molar-refractivity contribution is -0.162. The van der Waals surface area contributed by atoms with Gasteiger partial charge in [-0.1, -0.05) is 74.5 Å². The number of carbonyl (C=O) groups excluding carboxylic acids is 3. The maximum absolute atomic E-state index is 12.7. The molecule has 6 heteroatoms. The molecule has 160 valence electrons. The third kappa shape index (κ3) is 7.03. The van der Waals surface area contributed by atoms with Crippen molar-refractivity contribution in [2.24, 2.45) is 5.92 Å². The SMILES string of the molecule is CC(C)[C@H](NC(=O)Cc1ccccc1)C(=O)O[C@H](C)C(=O)N(C)Cc1ccccc1. The lowest BCUT2D eigenvalue weighted by Crippen LogP contribution is -2.48. The van der Waals surface area contributed by atoms with E-state index in [0.717, 1.165) is 11.1 Å². The predicted octanol–water partition coefficient (Wildman–Crippen LogP) is 2.96. The molecule has 2 amide bonds. The highest BCUT2D eigenvalue weighted by Crippen LogP contribution is 2.10. The molecule has 0 aliphatic carbocycles. The Labute approximate surface area is 178 Å². The summed E-state index contributed by atoms with van der Waals surface area (Å²) in [5.41, 5.74) is 1.84. The van der Waals surface area contributed by atoms with Crippen molar-refractivity contribution in [3.05, 3.63) is 71.8 Å². The van der Waals surface area contributed by atoms with Crippen LogP contribution >= 0.6 is 0 Å². The number of rotatable bonds is 9. The van der Waals surface area contributed by atoms with Crippen LogP contribution in [0, 0.1) is 5.92 Å². The summed E-state index contributed by atoms with van der Waals surface area (Å²) in [5, 5.41) is 2.74. The van der Waals surface area contributed by atoms with Gasteiger partial charge < -0.3 is 15.0 Å². The number of amides is 2. The molecule has 0 aliphatic rings. The molecule has 0 aliphatic heterocycles. The maximum atomic E-state index is 12.7. The molecule has 0 unspecified atom stereocenters. The lowest BCUT2D eigenvalue weighted by Gasteiger charge is -2.25. The Hall–Kier alpha value is -3.15. The minimum atomic E-state index is -0.946. The number of likely N-dealkylation sites (N-methyl/N-ethyl adjacent to an activating group) is 1. The standard InChI is InChI=1S/C24H30N2O4/c1-17(2)22(25-21(27)15-19-11-7-5-8-12-19)24(29)30-18(3)23(28)26(4)16-20-13-9-6-10-14-20/h5-14,17-18,22H,15-16H2,1-4H3,(H,25,27)/t18-,22+/m1/s1. The number of nitrogens with one attached hydrogen (secondary N) is 1. The largest absolute Gasteiger partial charge is 0.451 e. The van der Waals surface area contributed by atoms with Crippen LogP contribution in [-0.4, -0.2) is 41.9 Å². The smallest absolute Gasteiger partial charge is 0.329 e. The van der Waals surface area contributed by atoms with Gasteiger partial charge in [0.25, 0.3) is 5.91 Å². The summed E-state index contributed by atoms with van der Waals surface area (Å²) in [5.74, 6) is -1.36. The van der Waals surface area contributed by atoms with Gasteiger partial charge in [0.15, 0.2) is 6.10 Å². The van der Waals surface area contributed by atoms with E-state index in [1.165, 1.54) is 4.90 Å². The maximum Gasteiger partial charge on any atom is 0.329 e. The van der Waals surface area contributed by atoms with Crippen molar-refractivity contribution in [2.45, 2.75) is 45.9 Å². The third-order valence-corrected chi connectivity index (χ3v) is 4.72. The topological polar surface area (TPSA) is 75.7 Å². The van der Waals surface area contributed by atoms with Crippen molar-refractivity contribution in [1.29, 1.82) is 0 Å². The summed E-state index contributed by atoms with van der Waals surface area (Å²) in [6.07, 6.45) is -0.774. The van der Waals surface area contributed by atoms with E-state index in [0.29, 0.717) is 6.54 Å². The Balaban J connectivity index is 1.92. The highest BCUT2D eigenvalue weighted by molar-refractivity contribution is 5.88. The number of benzene rings is 2. The fourth-order valence-electron chi connectivity index (χ4n) is 3.05. The molecule has 0 heterocycles. The van der Waals surface area contributed by atoms with Crippen LogP contribution in [-0.2, 0) is 32.1 Å². The summed E-state index contributed by atoms with van der Waals surface area (Å²) in [7, 11) is 1.67. The number of carbonyl (C=O) groups is 3. The number of ether oxygens (including phenoxy) is 1. The van der Waals surface area contributed by atoms with Crippen LogP contribution in [0.5, 0.6) is 0 Å². The average molecular weight is 411 g/mol. The van der Waals surface area contributed by atoms with Gasteiger partial charge in [-0.05, 0) is 24.0 Å². The minimum Gasteiger partial charge on any atom is -0.451 e. The number of hydrogen-bond donors (Lipinski definition) is 1. The first-order valence-electron chi connectivity index (χ1n) is 10.1. The normalized spacial score (nSPS) is 12.7. The second kappa shape index (κ2) is 11.1. The third-order valence-electron chi connectivity index (χ3n) is 4.72. The molecule has 1 N–H and O–H groups in total. The Morgan fingerprint density at radius 3 is 1.97 bits per heavy atom. The van der Waals surface area contributed by atoms with Gasteiger partial charge >= 0.3 is 5.97 Å². The Morgan fingerprint density at radius 2 is 1.43 bits per heavy atom. The van der Waals surface area contributed by atoms with Crippen molar-refractivity contribution < 1.29 is 19.1 Å². The van der Waals surface area contributed by atoms with Crippen LogP contribution in [0.25, 0.3) is 0 Å². The quantitative estimate of drug-likeness (QED) is 0.645. The summed E-state index contributed by atoms with van der Waals surface area (Å²) in [6, 6.07) is 18.1. The monoisotopic (exact) mass is 410 g/mol. The summed E-state index contributed by atoms with van der Waals surface area (Å²) in [4.78, 5) is 39.1. The minimum absolute atomic E-state index is 0.172. The molecule has 2 rings (SSSR count). The molecular formula is C24H30N2O4. The number of hydrogen-bond acceptors (Lipinski definition) is 4. The first kappa shape index (κ1) is 23.1. The highest BCUT2D eigenvalue weighted by Gasteiger charge is 2.30. The number of esters is 1. The van der Waals surface area contributed by atoms with Gasteiger partial charge in [-0.25, -0.2) is 4.79 Å². The van der Waals surface area contributed by atoms with Gasteiger partial charge in [0.2, 0.25) is 5.91 Å². The van der Waals surface area contributed by atoms with Crippen LogP contribution in [0.1, 0.15) is 31.9 Å². The zero-order chi connectivity index (χ0) is 22.1. The van der Waals surface area contributed by atoms with Crippen LogP contribution in [0.4, 0.5) is 0 Å². The Morgan fingerprint density at radius 1 is 0.900 bits per heavy atom. The van der Waals surface area contributed by atoms with Gasteiger partial charge in [0, 0.05) is 13.6 Å². The Bertz CT molecular complexity index is 837. The molecule has 0 bridgehead atoms. The van der Waals surface area contributed by atoms with Crippen LogP contribution in [0.3, 0.4) is 0 Å². The molecule has 0 fully saturated rings. The van der Waals surface area contributed by atoms with Crippen molar-refractivity contribution in [2.75, 3.05) is 7.05 Å². The van der Waals surface area contributed by atoms with Gasteiger partial charge in [-0.2, -0.15) is 0 Å². The first-order chi connectivity index (χ1) is 14.3. The predicted molar refractivity (Wildman–Crippen MR) is 115 cm³/mol. The van der Waals surface area contributed by atoms with Gasteiger partial charge in [0.05, 0.1) is 6.42 Å². The highest BCUT2D eigenvalue weighted by atomic mass is 16.5. The molecule has 30 heavy (non-hydrogen) atoms. The zero-order valence-corrected chi connectivity index (χ0v) is 18.0. The fourth-order valence-corrected chi connectivity index (χ4v) is 3.05. The van der Waals surface area contributed by atoms with Crippen LogP contribution < -0.4 is 5.32 Å². The average Bonchev–Trinajstić information content (AvgIpc) is 2.72.